The van der Waals surface area contributed by atoms with Gasteiger partial charge in [-0.05, 0) is 38.7 Å². The van der Waals surface area contributed by atoms with Gasteiger partial charge in [-0.3, -0.25) is 18.7 Å². The second kappa shape index (κ2) is 8.50. The molecule has 0 bridgehead atoms. The highest BCUT2D eigenvalue weighted by atomic mass is 32.1. The van der Waals surface area contributed by atoms with Crippen LogP contribution in [-0.2, 0) is 22.6 Å². The molecule has 2 heterocycles. The van der Waals surface area contributed by atoms with Crippen molar-refractivity contribution in [3.63, 3.8) is 0 Å². The fourth-order valence-corrected chi connectivity index (χ4v) is 4.44. The van der Waals surface area contributed by atoms with Crippen LogP contribution >= 0.6 is 34.9 Å². The maximum atomic E-state index is 12.3. The molecule has 2 rings (SSSR count). The second-order valence-electron chi connectivity index (χ2n) is 5.00. The van der Waals surface area contributed by atoms with E-state index in [9.17, 15) is 14.7 Å². The van der Waals surface area contributed by atoms with Crippen LogP contribution in [0, 0.1) is 3.95 Å². The SMILES string of the molecule is CC=c1sc(=C=C(OCC)c2sc(=S)n(CC(=O)O)c2O)n(CC)c1=O. The van der Waals surface area contributed by atoms with Crippen molar-refractivity contribution in [3.05, 3.63) is 28.4 Å². The molecular formula is C16H18N2O5S3. The van der Waals surface area contributed by atoms with Gasteiger partial charge in [0.05, 0.1) is 11.1 Å². The van der Waals surface area contributed by atoms with Crippen molar-refractivity contribution in [3.8, 4) is 5.88 Å². The number of hydrogen-bond donors (Lipinski definition) is 2. The lowest BCUT2D eigenvalue weighted by molar-refractivity contribution is -0.137. The number of nitrogens with zero attached hydrogens (tertiary/aromatic N) is 2. The minimum absolute atomic E-state index is 0.112. The van der Waals surface area contributed by atoms with Crippen LogP contribution in [-0.4, -0.2) is 31.9 Å². The quantitative estimate of drug-likeness (QED) is 0.551. The number of aliphatic carboxylic acids is 1. The normalized spacial score (nSPS) is 11.4. The van der Waals surface area contributed by atoms with Crippen molar-refractivity contribution in [2.24, 2.45) is 0 Å². The average Bonchev–Trinajstić information content (AvgIpc) is 3.04. The first-order valence-corrected chi connectivity index (χ1v) is 9.82. The van der Waals surface area contributed by atoms with Crippen LogP contribution in [0.15, 0.2) is 4.79 Å². The van der Waals surface area contributed by atoms with Crippen LogP contribution in [0.3, 0.4) is 0 Å². The topological polar surface area (TPSA) is 93.7 Å². The van der Waals surface area contributed by atoms with Gasteiger partial charge in [0.2, 0.25) is 5.88 Å². The van der Waals surface area contributed by atoms with Crippen molar-refractivity contribution in [2.45, 2.75) is 33.9 Å². The number of ether oxygens (including phenoxy) is 1. The first-order valence-electron chi connectivity index (χ1n) is 7.78. The summed E-state index contributed by atoms with van der Waals surface area (Å²) in [4.78, 5) is 23.5. The zero-order valence-electron chi connectivity index (χ0n) is 14.4. The third kappa shape index (κ3) is 3.99. The summed E-state index contributed by atoms with van der Waals surface area (Å²) in [5.74, 6) is -1.19. The number of aromatic nitrogens is 2. The number of carboxylic acids is 1. The van der Waals surface area contributed by atoms with Gasteiger partial charge < -0.3 is 14.9 Å². The predicted molar refractivity (Wildman–Crippen MR) is 105 cm³/mol. The first kappa shape index (κ1) is 20.2. The van der Waals surface area contributed by atoms with Gasteiger partial charge in [0.1, 0.15) is 16.1 Å². The van der Waals surface area contributed by atoms with E-state index in [1.165, 1.54) is 11.3 Å². The summed E-state index contributed by atoms with van der Waals surface area (Å²) in [6.45, 7) is 5.73. The molecule has 0 atom stereocenters. The van der Waals surface area contributed by atoms with Crippen LogP contribution in [0.1, 0.15) is 25.6 Å². The summed E-state index contributed by atoms with van der Waals surface area (Å²) >= 11 is 7.44. The molecule has 2 aromatic rings. The highest BCUT2D eigenvalue weighted by Gasteiger charge is 2.18. The monoisotopic (exact) mass is 414 g/mol. The number of thiazole rings is 2. The van der Waals surface area contributed by atoms with Gasteiger partial charge in [-0.2, -0.15) is 0 Å². The summed E-state index contributed by atoms with van der Waals surface area (Å²) in [6, 6.07) is 0. The molecule has 0 amide bonds. The third-order valence-corrected chi connectivity index (χ3v) is 5.95. The van der Waals surface area contributed by atoms with Crippen LogP contribution in [0.4, 0.5) is 0 Å². The molecule has 10 heteroatoms. The Morgan fingerprint density at radius 1 is 1.35 bits per heavy atom. The molecule has 0 aromatic carbocycles. The molecule has 0 unspecified atom stereocenters. The molecule has 140 valence electrons. The maximum Gasteiger partial charge on any atom is 0.323 e. The smallest absolute Gasteiger partial charge is 0.323 e. The molecule has 2 aromatic heterocycles. The Morgan fingerprint density at radius 2 is 2.04 bits per heavy atom. The summed E-state index contributed by atoms with van der Waals surface area (Å²) in [5.41, 5.74) is 2.93. The largest absolute Gasteiger partial charge is 0.493 e. The zero-order chi connectivity index (χ0) is 19.4. The van der Waals surface area contributed by atoms with Gasteiger partial charge in [0.15, 0.2) is 9.71 Å². The van der Waals surface area contributed by atoms with Gasteiger partial charge in [-0.1, -0.05) is 17.4 Å². The van der Waals surface area contributed by atoms with E-state index in [0.29, 0.717) is 22.3 Å². The van der Waals surface area contributed by atoms with Gasteiger partial charge in [-0.25, -0.2) is 0 Å². The number of hydrogen-bond acceptors (Lipinski definition) is 7. The summed E-state index contributed by atoms with van der Waals surface area (Å²) in [6.07, 6.45) is 1.73. The van der Waals surface area contributed by atoms with E-state index < -0.39 is 12.5 Å². The number of carbonyl (C=O) groups is 1. The maximum absolute atomic E-state index is 12.3. The van der Waals surface area contributed by atoms with E-state index in [-0.39, 0.29) is 26.0 Å². The Morgan fingerprint density at radius 3 is 2.58 bits per heavy atom. The number of carboxylic acid groups (broad SMARTS) is 1. The standard InChI is InChI=1S/C16H18N2O5S3/c1-4-10-14(21)17(5-2)11(25-10)7-9(23-6-3)13-15(22)18(8-12(19)20)16(24)26-13/h4,22H,5-6,8H2,1-3H3,(H,19,20). The Bertz CT molecular complexity index is 1100. The van der Waals surface area contributed by atoms with Gasteiger partial charge in [0.25, 0.3) is 5.56 Å². The Kier molecular flexibility index (Phi) is 6.60. The lowest BCUT2D eigenvalue weighted by Gasteiger charge is -2.05. The molecule has 0 aliphatic heterocycles. The molecule has 0 spiro atoms. The van der Waals surface area contributed by atoms with Crippen molar-refractivity contribution < 1.29 is 19.7 Å². The average molecular weight is 415 g/mol. The van der Waals surface area contributed by atoms with E-state index in [1.54, 1.807) is 24.5 Å². The number of rotatable bonds is 6. The van der Waals surface area contributed by atoms with E-state index in [4.69, 9.17) is 22.1 Å². The Balaban J connectivity index is 2.84. The van der Waals surface area contributed by atoms with E-state index in [2.05, 4.69) is 5.73 Å². The lowest BCUT2D eigenvalue weighted by atomic mass is 10.4. The Labute approximate surface area is 162 Å². The van der Waals surface area contributed by atoms with Crippen LogP contribution in [0.5, 0.6) is 5.88 Å². The highest BCUT2D eigenvalue weighted by Crippen LogP contribution is 2.32. The summed E-state index contributed by atoms with van der Waals surface area (Å²) < 4.78 is 9.62. The molecule has 0 aliphatic rings. The molecule has 0 radical (unpaired) electrons. The van der Waals surface area contributed by atoms with E-state index in [0.717, 1.165) is 15.9 Å². The van der Waals surface area contributed by atoms with Gasteiger partial charge in [-0.15, -0.1) is 11.3 Å². The predicted octanol–water partition coefficient (Wildman–Crippen LogP) is 1.57. The fourth-order valence-electron chi connectivity index (χ4n) is 2.21. The summed E-state index contributed by atoms with van der Waals surface area (Å²) in [5, 5.41) is 19.4. The van der Waals surface area contributed by atoms with E-state index in [1.807, 2.05) is 6.92 Å². The molecule has 7 nitrogen and oxygen atoms in total. The first-order chi connectivity index (χ1) is 12.3. The molecule has 0 saturated heterocycles. The van der Waals surface area contributed by atoms with Crippen LogP contribution in [0.25, 0.3) is 17.6 Å². The molecule has 0 saturated carbocycles. The fraction of sp³-hybridized carbons (Fsp3) is 0.375. The van der Waals surface area contributed by atoms with Gasteiger partial charge >= 0.3 is 5.97 Å². The van der Waals surface area contributed by atoms with Crippen molar-refractivity contribution in [1.29, 1.82) is 0 Å². The molecular weight excluding hydrogens is 396 g/mol. The number of aromatic hydroxyl groups is 1. The molecule has 0 aliphatic carbocycles. The second-order valence-corrected chi connectivity index (χ2v) is 7.67. The lowest BCUT2D eigenvalue weighted by Crippen LogP contribution is -2.30. The minimum Gasteiger partial charge on any atom is -0.493 e. The van der Waals surface area contributed by atoms with E-state index >= 15 is 0 Å². The third-order valence-electron chi connectivity index (χ3n) is 3.36. The Hall–Kier alpha value is -2.13. The van der Waals surface area contributed by atoms with Crippen molar-refractivity contribution in [1.82, 2.24) is 9.13 Å². The van der Waals surface area contributed by atoms with Crippen LogP contribution in [0.2, 0.25) is 0 Å². The van der Waals surface area contributed by atoms with Gasteiger partial charge in [0, 0.05) is 6.54 Å². The minimum atomic E-state index is -1.12. The summed E-state index contributed by atoms with van der Waals surface area (Å²) in [7, 11) is 0. The highest BCUT2D eigenvalue weighted by molar-refractivity contribution is 7.73. The molecule has 26 heavy (non-hydrogen) atoms. The van der Waals surface area contributed by atoms with Crippen LogP contribution < -0.4 is 14.8 Å². The van der Waals surface area contributed by atoms with Crippen molar-refractivity contribution >= 4 is 58.4 Å². The zero-order valence-corrected chi connectivity index (χ0v) is 16.9. The molecule has 2 N–H and O–H groups in total. The van der Waals surface area contributed by atoms with Crippen molar-refractivity contribution in [2.75, 3.05) is 6.61 Å². The molecule has 0 fully saturated rings.